The van der Waals surface area contributed by atoms with Crippen molar-refractivity contribution < 1.29 is 13.2 Å². The first kappa shape index (κ1) is 16.1. The van der Waals surface area contributed by atoms with Gasteiger partial charge in [-0.2, -0.15) is 0 Å². The SMILES string of the molecule is Cc1cc(C)cc(N2C(=O)N(c3ccccc3)[C@@H]3CS(=O)(=O)C[C@@H]32)c1. The summed E-state index contributed by atoms with van der Waals surface area (Å²) >= 11 is 0. The molecule has 0 N–H and O–H groups in total. The maximum atomic E-state index is 13.2. The number of hydrogen-bond donors (Lipinski definition) is 0. The predicted molar refractivity (Wildman–Crippen MR) is 98.9 cm³/mol. The van der Waals surface area contributed by atoms with Crippen LogP contribution in [0, 0.1) is 13.8 Å². The molecule has 0 aliphatic carbocycles. The highest BCUT2D eigenvalue weighted by molar-refractivity contribution is 7.91. The van der Waals surface area contributed by atoms with Gasteiger partial charge < -0.3 is 0 Å². The molecular formula is C19H20N2O3S. The van der Waals surface area contributed by atoms with Crippen molar-refractivity contribution in [1.82, 2.24) is 0 Å². The molecule has 2 aromatic rings. The number of fused-ring (bicyclic) bond motifs is 1. The number of aryl methyl sites for hydroxylation is 2. The van der Waals surface area contributed by atoms with Crippen molar-refractivity contribution in [2.75, 3.05) is 21.3 Å². The molecule has 130 valence electrons. The lowest BCUT2D eigenvalue weighted by Crippen LogP contribution is -2.38. The minimum atomic E-state index is -3.17. The van der Waals surface area contributed by atoms with E-state index < -0.39 is 9.84 Å². The van der Waals surface area contributed by atoms with Gasteiger partial charge in [0.15, 0.2) is 9.84 Å². The lowest BCUT2D eigenvalue weighted by Gasteiger charge is -2.23. The van der Waals surface area contributed by atoms with E-state index in [0.717, 1.165) is 22.5 Å². The molecule has 2 aliphatic heterocycles. The molecule has 0 unspecified atom stereocenters. The third-order valence-electron chi connectivity index (χ3n) is 4.89. The van der Waals surface area contributed by atoms with Gasteiger partial charge in [-0.05, 0) is 49.2 Å². The molecule has 0 bridgehead atoms. The maximum absolute atomic E-state index is 13.2. The summed E-state index contributed by atoms with van der Waals surface area (Å²) in [5, 5.41) is 0. The van der Waals surface area contributed by atoms with Crippen LogP contribution in [-0.2, 0) is 9.84 Å². The first-order valence-corrected chi connectivity index (χ1v) is 10.1. The Bertz CT molecular complexity index is 920. The first-order chi connectivity index (χ1) is 11.9. The lowest BCUT2D eigenvalue weighted by atomic mass is 10.1. The highest BCUT2D eigenvalue weighted by Gasteiger charge is 2.54. The molecule has 6 heteroatoms. The normalized spacial score (nSPS) is 24.6. The minimum absolute atomic E-state index is 0.0135. The molecule has 0 saturated carbocycles. The van der Waals surface area contributed by atoms with Crippen LogP contribution in [0.5, 0.6) is 0 Å². The number of benzene rings is 2. The van der Waals surface area contributed by atoms with Crippen molar-refractivity contribution in [1.29, 1.82) is 0 Å². The van der Waals surface area contributed by atoms with E-state index >= 15 is 0 Å². The van der Waals surface area contributed by atoms with Crippen LogP contribution in [0.15, 0.2) is 48.5 Å². The van der Waals surface area contributed by atoms with E-state index in [1.165, 1.54) is 0 Å². The largest absolute Gasteiger partial charge is 0.329 e. The van der Waals surface area contributed by atoms with E-state index in [4.69, 9.17) is 0 Å². The van der Waals surface area contributed by atoms with Crippen molar-refractivity contribution in [3.63, 3.8) is 0 Å². The number of sulfone groups is 1. The fourth-order valence-corrected chi connectivity index (χ4v) is 5.90. The first-order valence-electron chi connectivity index (χ1n) is 8.32. The Hall–Kier alpha value is -2.34. The Morgan fingerprint density at radius 1 is 0.840 bits per heavy atom. The van der Waals surface area contributed by atoms with Crippen molar-refractivity contribution in [3.8, 4) is 0 Å². The van der Waals surface area contributed by atoms with Gasteiger partial charge >= 0.3 is 6.03 Å². The van der Waals surface area contributed by atoms with Gasteiger partial charge in [-0.1, -0.05) is 24.3 Å². The Morgan fingerprint density at radius 3 is 1.92 bits per heavy atom. The predicted octanol–water partition coefficient (Wildman–Crippen LogP) is 2.92. The van der Waals surface area contributed by atoms with Crippen LogP contribution in [0.1, 0.15) is 11.1 Å². The number of urea groups is 1. The van der Waals surface area contributed by atoms with Crippen molar-refractivity contribution in [2.24, 2.45) is 0 Å². The Balaban J connectivity index is 1.83. The Labute approximate surface area is 147 Å². The van der Waals surface area contributed by atoms with Gasteiger partial charge in [0.25, 0.3) is 0 Å². The zero-order valence-corrected chi connectivity index (χ0v) is 15.0. The molecule has 25 heavy (non-hydrogen) atoms. The smallest absolute Gasteiger partial charge is 0.288 e. The van der Waals surface area contributed by atoms with Crippen molar-refractivity contribution in [2.45, 2.75) is 25.9 Å². The quantitative estimate of drug-likeness (QED) is 0.778. The molecular weight excluding hydrogens is 336 g/mol. The van der Waals surface area contributed by atoms with Crippen LogP contribution in [0.25, 0.3) is 0 Å². The summed E-state index contributed by atoms with van der Waals surface area (Å²) in [4.78, 5) is 16.5. The highest BCUT2D eigenvalue weighted by atomic mass is 32.2. The average Bonchev–Trinajstić information content (AvgIpc) is 2.95. The molecule has 2 fully saturated rings. The number of anilines is 2. The minimum Gasteiger partial charge on any atom is -0.288 e. The third-order valence-corrected chi connectivity index (χ3v) is 6.59. The van der Waals surface area contributed by atoms with E-state index in [-0.39, 0.29) is 29.6 Å². The fraction of sp³-hybridized carbons (Fsp3) is 0.316. The molecule has 0 aromatic heterocycles. The number of hydrogen-bond acceptors (Lipinski definition) is 3. The Morgan fingerprint density at radius 2 is 1.36 bits per heavy atom. The van der Waals surface area contributed by atoms with E-state index in [1.54, 1.807) is 9.80 Å². The highest BCUT2D eigenvalue weighted by Crippen LogP contribution is 2.38. The van der Waals surface area contributed by atoms with E-state index in [1.807, 2.05) is 62.4 Å². The average molecular weight is 356 g/mol. The molecule has 0 radical (unpaired) electrons. The zero-order chi connectivity index (χ0) is 17.8. The zero-order valence-electron chi connectivity index (χ0n) is 14.2. The van der Waals surface area contributed by atoms with E-state index in [2.05, 4.69) is 0 Å². The molecule has 2 aliphatic rings. The summed E-state index contributed by atoms with van der Waals surface area (Å²) in [6.07, 6.45) is 0. The molecule has 2 amide bonds. The number of amides is 2. The third kappa shape index (κ3) is 2.70. The number of rotatable bonds is 2. The molecule has 2 atom stereocenters. The van der Waals surface area contributed by atoms with Crippen LogP contribution in [0.2, 0.25) is 0 Å². The van der Waals surface area contributed by atoms with Gasteiger partial charge in [0, 0.05) is 11.4 Å². The van der Waals surface area contributed by atoms with Gasteiger partial charge in [0.1, 0.15) is 0 Å². The number of carbonyl (C=O) groups is 1. The topological polar surface area (TPSA) is 57.7 Å². The summed E-state index contributed by atoms with van der Waals surface area (Å²) < 4.78 is 24.5. The molecule has 2 saturated heterocycles. The van der Waals surface area contributed by atoms with Gasteiger partial charge in [0.05, 0.1) is 23.6 Å². The lowest BCUT2D eigenvalue weighted by molar-refractivity contribution is 0.255. The van der Waals surface area contributed by atoms with Crippen molar-refractivity contribution in [3.05, 3.63) is 59.7 Å². The summed E-state index contributed by atoms with van der Waals surface area (Å²) in [7, 11) is -3.17. The summed E-state index contributed by atoms with van der Waals surface area (Å²) in [6, 6.07) is 14.4. The van der Waals surface area contributed by atoms with Crippen LogP contribution < -0.4 is 9.80 Å². The van der Waals surface area contributed by atoms with Gasteiger partial charge in [-0.15, -0.1) is 0 Å². The monoisotopic (exact) mass is 356 g/mol. The van der Waals surface area contributed by atoms with Gasteiger partial charge in [0.2, 0.25) is 0 Å². The molecule has 5 nitrogen and oxygen atoms in total. The van der Waals surface area contributed by atoms with E-state index in [9.17, 15) is 13.2 Å². The second kappa shape index (κ2) is 5.59. The summed E-state index contributed by atoms with van der Waals surface area (Å²) in [5.41, 5.74) is 3.62. The second-order valence-corrected chi connectivity index (χ2v) is 9.07. The summed E-state index contributed by atoms with van der Waals surface area (Å²) in [6.45, 7) is 3.96. The second-order valence-electron chi connectivity index (χ2n) is 6.92. The molecule has 2 aromatic carbocycles. The Kier molecular flexibility index (Phi) is 3.61. The van der Waals surface area contributed by atoms with Gasteiger partial charge in [-0.25, -0.2) is 13.2 Å². The number of nitrogens with zero attached hydrogens (tertiary/aromatic N) is 2. The van der Waals surface area contributed by atoms with Crippen LogP contribution >= 0.6 is 0 Å². The number of carbonyl (C=O) groups excluding carboxylic acids is 1. The molecule has 2 heterocycles. The van der Waals surface area contributed by atoms with Crippen molar-refractivity contribution >= 4 is 27.2 Å². The van der Waals surface area contributed by atoms with Crippen LogP contribution in [-0.4, -0.2) is 38.0 Å². The molecule has 0 spiro atoms. The maximum Gasteiger partial charge on any atom is 0.329 e. The van der Waals surface area contributed by atoms with Gasteiger partial charge in [-0.3, -0.25) is 9.80 Å². The molecule has 4 rings (SSSR count). The summed E-state index contributed by atoms with van der Waals surface area (Å²) in [5.74, 6) is 0.0271. The standard InChI is InChI=1S/C19H20N2O3S/c1-13-8-14(2)10-16(9-13)21-18-12-25(23,24)11-17(18)20(19(21)22)15-6-4-3-5-7-15/h3-10,17-18H,11-12H2,1-2H3/t17-,18+/m1/s1. The van der Waals surface area contributed by atoms with Crippen LogP contribution in [0.3, 0.4) is 0 Å². The fourth-order valence-electron chi connectivity index (χ4n) is 3.99. The van der Waals surface area contributed by atoms with Crippen LogP contribution in [0.4, 0.5) is 16.2 Å². The van der Waals surface area contributed by atoms with E-state index in [0.29, 0.717) is 0 Å². The number of para-hydroxylation sites is 1.